The molecule has 0 saturated carbocycles. The van der Waals surface area contributed by atoms with E-state index in [1.807, 2.05) is 32.9 Å². The van der Waals surface area contributed by atoms with Crippen LogP contribution in [0.4, 0.5) is 13.2 Å². The van der Waals surface area contributed by atoms with Crippen LogP contribution in [-0.2, 0) is 16.1 Å². The van der Waals surface area contributed by atoms with Crippen LogP contribution in [0, 0.1) is 20.8 Å². The quantitative estimate of drug-likeness (QED) is 0.905. The van der Waals surface area contributed by atoms with Gasteiger partial charge in [0, 0.05) is 6.54 Å². The van der Waals surface area contributed by atoms with Gasteiger partial charge in [-0.25, -0.2) is 0 Å². The van der Waals surface area contributed by atoms with Gasteiger partial charge in [0.05, 0.1) is 0 Å². The van der Waals surface area contributed by atoms with Crippen molar-refractivity contribution >= 4 is 5.91 Å². The van der Waals surface area contributed by atoms with Gasteiger partial charge < -0.3 is 10.1 Å². The molecule has 0 fully saturated rings. The second-order valence-electron chi connectivity index (χ2n) is 4.76. The van der Waals surface area contributed by atoms with E-state index in [1.165, 1.54) is 0 Å². The Morgan fingerprint density at radius 3 is 2.25 bits per heavy atom. The number of halogens is 3. The topological polar surface area (TPSA) is 38.3 Å². The Morgan fingerprint density at radius 1 is 1.20 bits per heavy atom. The standard InChI is InChI=1S/C14H18F3NO2/c1-9-4-10(2)12(11(3)5-9)6-18-13(19)7-20-8-14(15,16)17/h4-5H,6-8H2,1-3H3,(H,18,19). The number of nitrogens with one attached hydrogen (secondary N) is 1. The number of alkyl halides is 3. The summed E-state index contributed by atoms with van der Waals surface area (Å²) in [4.78, 5) is 11.4. The maximum atomic E-state index is 11.8. The Kier molecular flexibility index (Phi) is 5.56. The number of hydrogen-bond donors (Lipinski definition) is 1. The van der Waals surface area contributed by atoms with Crippen LogP contribution in [0.25, 0.3) is 0 Å². The lowest BCUT2D eigenvalue weighted by molar-refractivity contribution is -0.175. The van der Waals surface area contributed by atoms with Gasteiger partial charge in [-0.05, 0) is 37.5 Å². The van der Waals surface area contributed by atoms with Gasteiger partial charge in [0.25, 0.3) is 0 Å². The summed E-state index contributed by atoms with van der Waals surface area (Å²) in [6.45, 7) is 4.12. The Balaban J connectivity index is 2.46. The van der Waals surface area contributed by atoms with Crippen LogP contribution >= 0.6 is 0 Å². The van der Waals surface area contributed by atoms with E-state index in [0.717, 1.165) is 22.3 Å². The van der Waals surface area contributed by atoms with E-state index >= 15 is 0 Å². The lowest BCUT2D eigenvalue weighted by Crippen LogP contribution is -2.29. The molecule has 0 atom stereocenters. The molecule has 0 bridgehead atoms. The molecule has 0 aliphatic rings. The highest BCUT2D eigenvalue weighted by atomic mass is 19.4. The van der Waals surface area contributed by atoms with Gasteiger partial charge >= 0.3 is 6.18 Å². The maximum absolute atomic E-state index is 11.8. The van der Waals surface area contributed by atoms with Crippen LogP contribution in [0.2, 0.25) is 0 Å². The SMILES string of the molecule is Cc1cc(C)c(CNC(=O)COCC(F)(F)F)c(C)c1. The predicted octanol–water partition coefficient (Wildman–Crippen LogP) is 2.81. The highest BCUT2D eigenvalue weighted by Crippen LogP contribution is 2.16. The second kappa shape index (κ2) is 6.74. The number of rotatable bonds is 5. The number of amides is 1. The molecule has 3 nitrogen and oxygen atoms in total. The number of ether oxygens (including phenoxy) is 1. The minimum atomic E-state index is -4.41. The molecule has 1 N–H and O–H groups in total. The summed E-state index contributed by atoms with van der Waals surface area (Å²) in [7, 11) is 0. The smallest absolute Gasteiger partial charge is 0.362 e. The number of benzene rings is 1. The van der Waals surface area contributed by atoms with Crippen LogP contribution in [0.1, 0.15) is 22.3 Å². The zero-order chi connectivity index (χ0) is 15.3. The highest BCUT2D eigenvalue weighted by Gasteiger charge is 2.27. The fraction of sp³-hybridized carbons (Fsp3) is 0.500. The molecule has 1 rings (SSSR count). The lowest BCUT2D eigenvalue weighted by atomic mass is 10.00. The zero-order valence-corrected chi connectivity index (χ0v) is 11.7. The van der Waals surface area contributed by atoms with Crippen LogP contribution in [0.5, 0.6) is 0 Å². The lowest BCUT2D eigenvalue weighted by Gasteiger charge is -2.13. The van der Waals surface area contributed by atoms with Crippen LogP contribution in [0.15, 0.2) is 12.1 Å². The van der Waals surface area contributed by atoms with Crippen molar-refractivity contribution in [2.45, 2.75) is 33.5 Å². The summed E-state index contributed by atoms with van der Waals surface area (Å²) in [6, 6.07) is 3.99. The monoisotopic (exact) mass is 289 g/mol. The van der Waals surface area contributed by atoms with E-state index in [4.69, 9.17) is 0 Å². The van der Waals surface area contributed by atoms with E-state index < -0.39 is 25.3 Å². The fourth-order valence-corrected chi connectivity index (χ4v) is 1.99. The van der Waals surface area contributed by atoms with Crippen LogP contribution < -0.4 is 5.32 Å². The molecular formula is C14H18F3NO2. The molecule has 0 saturated heterocycles. The van der Waals surface area contributed by atoms with Crippen molar-refractivity contribution < 1.29 is 22.7 Å². The molecule has 20 heavy (non-hydrogen) atoms. The van der Waals surface area contributed by atoms with E-state index in [2.05, 4.69) is 10.1 Å². The fourth-order valence-electron chi connectivity index (χ4n) is 1.99. The molecule has 112 valence electrons. The number of hydrogen-bond acceptors (Lipinski definition) is 2. The Labute approximate surface area is 116 Å². The zero-order valence-electron chi connectivity index (χ0n) is 11.7. The molecule has 0 aliphatic heterocycles. The van der Waals surface area contributed by atoms with E-state index in [9.17, 15) is 18.0 Å². The summed E-state index contributed by atoms with van der Waals surface area (Å²) in [6.07, 6.45) is -4.41. The summed E-state index contributed by atoms with van der Waals surface area (Å²) in [5.41, 5.74) is 4.18. The van der Waals surface area contributed by atoms with Crippen LogP contribution in [-0.4, -0.2) is 25.3 Å². The summed E-state index contributed by atoms with van der Waals surface area (Å²) < 4.78 is 39.8. The predicted molar refractivity (Wildman–Crippen MR) is 69.4 cm³/mol. The summed E-state index contributed by atoms with van der Waals surface area (Å²) >= 11 is 0. The number of carbonyl (C=O) groups is 1. The molecule has 6 heteroatoms. The third kappa shape index (κ3) is 5.61. The normalized spacial score (nSPS) is 11.5. The molecule has 0 spiro atoms. The van der Waals surface area contributed by atoms with Gasteiger partial charge in [0.1, 0.15) is 13.2 Å². The van der Waals surface area contributed by atoms with Crippen molar-refractivity contribution in [2.75, 3.05) is 13.2 Å². The van der Waals surface area contributed by atoms with E-state index in [-0.39, 0.29) is 6.54 Å². The largest absolute Gasteiger partial charge is 0.411 e. The molecule has 1 aromatic rings. The van der Waals surface area contributed by atoms with Crippen molar-refractivity contribution in [1.82, 2.24) is 5.32 Å². The molecule has 0 aliphatic carbocycles. The van der Waals surface area contributed by atoms with E-state index in [0.29, 0.717) is 0 Å². The second-order valence-corrected chi connectivity index (χ2v) is 4.76. The summed E-state index contributed by atoms with van der Waals surface area (Å²) in [5.74, 6) is -0.561. The number of carbonyl (C=O) groups excluding carboxylic acids is 1. The van der Waals surface area contributed by atoms with Crippen molar-refractivity contribution in [3.05, 3.63) is 34.4 Å². The van der Waals surface area contributed by atoms with Gasteiger partial charge in [-0.1, -0.05) is 17.7 Å². The van der Waals surface area contributed by atoms with Crippen LogP contribution in [0.3, 0.4) is 0 Å². The van der Waals surface area contributed by atoms with Gasteiger partial charge in [0.2, 0.25) is 5.91 Å². The molecule has 0 radical (unpaired) electrons. The molecular weight excluding hydrogens is 271 g/mol. The van der Waals surface area contributed by atoms with Gasteiger partial charge in [-0.2, -0.15) is 13.2 Å². The van der Waals surface area contributed by atoms with Gasteiger partial charge in [0.15, 0.2) is 0 Å². The third-order valence-electron chi connectivity index (χ3n) is 2.80. The molecule has 0 aromatic heterocycles. The molecule has 1 aromatic carbocycles. The Hall–Kier alpha value is -1.56. The molecule has 1 amide bonds. The van der Waals surface area contributed by atoms with Gasteiger partial charge in [-0.3, -0.25) is 4.79 Å². The number of aryl methyl sites for hydroxylation is 3. The first-order chi connectivity index (χ1) is 9.19. The first-order valence-corrected chi connectivity index (χ1v) is 6.17. The highest BCUT2D eigenvalue weighted by molar-refractivity contribution is 5.77. The van der Waals surface area contributed by atoms with Crippen molar-refractivity contribution in [3.63, 3.8) is 0 Å². The third-order valence-corrected chi connectivity index (χ3v) is 2.80. The van der Waals surface area contributed by atoms with E-state index in [1.54, 1.807) is 0 Å². The molecule has 0 unspecified atom stereocenters. The first kappa shape index (κ1) is 16.5. The first-order valence-electron chi connectivity index (χ1n) is 6.17. The van der Waals surface area contributed by atoms with Crippen molar-refractivity contribution in [1.29, 1.82) is 0 Å². The Morgan fingerprint density at radius 2 is 1.75 bits per heavy atom. The van der Waals surface area contributed by atoms with Crippen molar-refractivity contribution in [3.8, 4) is 0 Å². The maximum Gasteiger partial charge on any atom is 0.411 e. The van der Waals surface area contributed by atoms with Gasteiger partial charge in [-0.15, -0.1) is 0 Å². The Bertz CT molecular complexity index is 461. The van der Waals surface area contributed by atoms with Crippen molar-refractivity contribution in [2.24, 2.45) is 0 Å². The minimum absolute atomic E-state index is 0.284. The average Bonchev–Trinajstić information content (AvgIpc) is 2.25. The molecule has 0 heterocycles. The summed E-state index contributed by atoms with van der Waals surface area (Å²) in [5, 5.41) is 2.56. The minimum Gasteiger partial charge on any atom is -0.362 e. The average molecular weight is 289 g/mol.